The molecule has 0 heterocycles. The van der Waals surface area contributed by atoms with Crippen molar-refractivity contribution in [2.75, 3.05) is 6.54 Å². The molecule has 0 bridgehead atoms. The van der Waals surface area contributed by atoms with Gasteiger partial charge in [-0.15, -0.1) is 4.91 Å². The highest BCUT2D eigenvalue weighted by atomic mass is 16.3. The van der Waals surface area contributed by atoms with Gasteiger partial charge in [0.25, 0.3) is 0 Å². The van der Waals surface area contributed by atoms with Gasteiger partial charge in [-0.1, -0.05) is 13.3 Å². The topological polar surface area (TPSA) is 41.5 Å². The van der Waals surface area contributed by atoms with E-state index in [0.717, 1.165) is 12.8 Å². The Morgan fingerprint density at radius 2 is 2.43 bits per heavy atom. The van der Waals surface area contributed by atoms with Gasteiger partial charge in [0.1, 0.15) is 0 Å². The Morgan fingerprint density at radius 1 is 1.71 bits per heavy atom. The third kappa shape index (κ3) is 5.40. The monoisotopic (exact) mass is 102 g/mol. The van der Waals surface area contributed by atoms with Crippen molar-refractivity contribution in [2.24, 2.45) is 5.29 Å². The summed E-state index contributed by atoms with van der Waals surface area (Å²) in [7, 11) is 0. The Kier molecular flexibility index (Phi) is 4.94. The molecule has 0 aliphatic carbocycles. The largest absolute Gasteiger partial charge is 0.274 e. The van der Waals surface area contributed by atoms with E-state index in [9.17, 15) is 4.91 Å². The van der Waals surface area contributed by atoms with E-state index >= 15 is 0 Å². The minimum Gasteiger partial charge on any atom is -0.274 e. The zero-order valence-corrected chi connectivity index (χ0v) is 4.48. The van der Waals surface area contributed by atoms with E-state index in [1.54, 1.807) is 0 Å². The second-order valence-electron chi connectivity index (χ2n) is 1.35. The third-order valence-corrected chi connectivity index (χ3v) is 0.707. The highest BCUT2D eigenvalue weighted by molar-refractivity contribution is 4.36. The average Bonchev–Trinajstić information content (AvgIpc) is 1.69. The minimum atomic E-state index is 0.708. The zero-order valence-electron chi connectivity index (χ0n) is 4.48. The molecule has 3 nitrogen and oxygen atoms in total. The fourth-order valence-electron chi connectivity index (χ4n) is 0.301. The second-order valence-corrected chi connectivity index (χ2v) is 1.35. The van der Waals surface area contributed by atoms with E-state index in [1.807, 2.05) is 0 Å². The number of nitroso groups, excluding NO2 is 1. The van der Waals surface area contributed by atoms with Crippen molar-refractivity contribution in [3.63, 3.8) is 0 Å². The van der Waals surface area contributed by atoms with Crippen molar-refractivity contribution in [3.8, 4) is 0 Å². The first-order chi connectivity index (χ1) is 3.41. The van der Waals surface area contributed by atoms with Crippen molar-refractivity contribution < 1.29 is 0 Å². The summed E-state index contributed by atoms with van der Waals surface area (Å²) < 4.78 is 0. The molecule has 0 spiro atoms. The van der Waals surface area contributed by atoms with Crippen LogP contribution in [0.15, 0.2) is 5.29 Å². The Hall–Kier alpha value is -0.600. The highest BCUT2D eigenvalue weighted by Gasteiger charge is 1.77. The van der Waals surface area contributed by atoms with Crippen LogP contribution in [0.25, 0.3) is 0 Å². The van der Waals surface area contributed by atoms with Crippen LogP contribution in [0.3, 0.4) is 0 Å². The van der Waals surface area contributed by atoms with Crippen molar-refractivity contribution in [1.82, 2.24) is 5.43 Å². The molecular formula is C4H10N2O. The van der Waals surface area contributed by atoms with E-state index in [-0.39, 0.29) is 0 Å². The van der Waals surface area contributed by atoms with Crippen LogP contribution in [0.1, 0.15) is 19.8 Å². The number of nitrogens with zero attached hydrogens (tertiary/aromatic N) is 1. The predicted octanol–water partition coefficient (Wildman–Crippen LogP) is 1.06. The van der Waals surface area contributed by atoms with Crippen molar-refractivity contribution in [3.05, 3.63) is 4.91 Å². The standard InChI is InChI=1S/C4H10N2O/c1-2-3-4-5-6-7/h2-4H2,1H3,(H,5,7). The van der Waals surface area contributed by atoms with Gasteiger partial charge in [0.15, 0.2) is 0 Å². The summed E-state index contributed by atoms with van der Waals surface area (Å²) in [6, 6.07) is 0. The molecule has 0 aromatic carbocycles. The van der Waals surface area contributed by atoms with Crippen LogP contribution in [0, 0.1) is 4.91 Å². The van der Waals surface area contributed by atoms with Crippen LogP contribution in [0.2, 0.25) is 0 Å². The molecule has 0 amide bonds. The molecular weight excluding hydrogens is 92.1 g/mol. The van der Waals surface area contributed by atoms with Gasteiger partial charge >= 0.3 is 0 Å². The van der Waals surface area contributed by atoms with E-state index in [0.29, 0.717) is 6.54 Å². The second kappa shape index (κ2) is 5.40. The quantitative estimate of drug-likeness (QED) is 0.327. The molecule has 0 aliphatic rings. The molecule has 7 heavy (non-hydrogen) atoms. The fraction of sp³-hybridized carbons (Fsp3) is 1.00. The molecule has 1 N–H and O–H groups in total. The molecule has 3 heteroatoms. The molecule has 0 aliphatic heterocycles. The van der Waals surface area contributed by atoms with Crippen LogP contribution in [-0.4, -0.2) is 6.54 Å². The highest BCUT2D eigenvalue weighted by Crippen LogP contribution is 1.80. The lowest BCUT2D eigenvalue weighted by atomic mass is 10.3. The summed E-state index contributed by atoms with van der Waals surface area (Å²) in [5.74, 6) is 0. The van der Waals surface area contributed by atoms with Crippen LogP contribution < -0.4 is 5.43 Å². The Bertz CT molecular complexity index is 47.0. The van der Waals surface area contributed by atoms with Gasteiger partial charge in [-0.25, -0.2) is 0 Å². The van der Waals surface area contributed by atoms with E-state index in [2.05, 4.69) is 17.6 Å². The Morgan fingerprint density at radius 3 is 2.86 bits per heavy atom. The van der Waals surface area contributed by atoms with Gasteiger partial charge in [0.05, 0.1) is 0 Å². The molecule has 0 saturated heterocycles. The maximum Gasteiger partial charge on any atom is 0.0496 e. The molecule has 0 atom stereocenters. The maximum absolute atomic E-state index is 9.32. The number of nitrogens with one attached hydrogen (secondary N) is 1. The smallest absolute Gasteiger partial charge is 0.0496 e. The van der Waals surface area contributed by atoms with Crippen LogP contribution in [0.4, 0.5) is 0 Å². The number of unbranched alkanes of at least 4 members (excludes halogenated alkanes) is 1. The van der Waals surface area contributed by atoms with Gasteiger partial charge in [0.2, 0.25) is 0 Å². The molecule has 0 rings (SSSR count). The summed E-state index contributed by atoms with van der Waals surface area (Å²) in [6.45, 7) is 2.77. The predicted molar refractivity (Wildman–Crippen MR) is 28.7 cm³/mol. The first-order valence-electron chi connectivity index (χ1n) is 2.47. The number of rotatable bonds is 4. The van der Waals surface area contributed by atoms with Crippen LogP contribution in [0.5, 0.6) is 0 Å². The summed E-state index contributed by atoms with van der Waals surface area (Å²) >= 11 is 0. The minimum absolute atomic E-state index is 0.708. The van der Waals surface area contributed by atoms with E-state index in [4.69, 9.17) is 0 Å². The molecule has 0 fully saturated rings. The van der Waals surface area contributed by atoms with Gasteiger partial charge in [-0.2, -0.15) is 0 Å². The first kappa shape index (κ1) is 6.40. The molecule has 42 valence electrons. The summed E-state index contributed by atoms with van der Waals surface area (Å²) in [5.41, 5.74) is 2.32. The maximum atomic E-state index is 9.32. The summed E-state index contributed by atoms with van der Waals surface area (Å²) in [4.78, 5) is 9.32. The van der Waals surface area contributed by atoms with Crippen LogP contribution in [-0.2, 0) is 0 Å². The zero-order chi connectivity index (χ0) is 5.54. The van der Waals surface area contributed by atoms with Gasteiger partial charge < -0.3 is 0 Å². The van der Waals surface area contributed by atoms with Gasteiger partial charge in [0, 0.05) is 11.8 Å². The lowest BCUT2D eigenvalue weighted by Crippen LogP contribution is -2.04. The van der Waals surface area contributed by atoms with Crippen molar-refractivity contribution in [1.29, 1.82) is 0 Å². The first-order valence-corrected chi connectivity index (χ1v) is 2.47. The Labute approximate surface area is 43.0 Å². The average molecular weight is 102 g/mol. The molecule has 0 aromatic rings. The summed E-state index contributed by atoms with van der Waals surface area (Å²) in [6.07, 6.45) is 2.12. The lowest BCUT2D eigenvalue weighted by Gasteiger charge is -1.89. The Balaban J connectivity index is 2.56. The fourth-order valence-corrected chi connectivity index (χ4v) is 0.301. The van der Waals surface area contributed by atoms with Gasteiger partial charge in [-0.05, 0) is 6.42 Å². The SMILES string of the molecule is CCCCNN=O. The van der Waals surface area contributed by atoms with Crippen molar-refractivity contribution >= 4 is 0 Å². The lowest BCUT2D eigenvalue weighted by molar-refractivity contribution is 0.667. The normalized spacial score (nSPS) is 8.14. The van der Waals surface area contributed by atoms with E-state index < -0.39 is 0 Å². The molecule has 0 aromatic heterocycles. The number of hydrogen-bond acceptors (Lipinski definition) is 2. The van der Waals surface area contributed by atoms with Crippen LogP contribution >= 0.6 is 0 Å². The molecule has 0 radical (unpaired) electrons. The molecule has 0 unspecified atom stereocenters. The van der Waals surface area contributed by atoms with Gasteiger partial charge in [-0.3, -0.25) is 5.43 Å². The summed E-state index contributed by atoms with van der Waals surface area (Å²) in [5, 5.41) is 2.47. The molecule has 0 saturated carbocycles. The van der Waals surface area contributed by atoms with Crippen molar-refractivity contribution in [2.45, 2.75) is 19.8 Å². The van der Waals surface area contributed by atoms with E-state index in [1.165, 1.54) is 0 Å². The third-order valence-electron chi connectivity index (χ3n) is 0.707. The number of hydrogen-bond donors (Lipinski definition) is 1.